The lowest BCUT2D eigenvalue weighted by Gasteiger charge is -2.58. The van der Waals surface area contributed by atoms with E-state index >= 15 is 0 Å². The van der Waals surface area contributed by atoms with Crippen LogP contribution in [0.4, 0.5) is 4.79 Å². The van der Waals surface area contributed by atoms with Gasteiger partial charge in [-0.05, 0) is 54.4 Å². The van der Waals surface area contributed by atoms with Crippen molar-refractivity contribution < 1.29 is 24.2 Å². The summed E-state index contributed by atoms with van der Waals surface area (Å²) < 4.78 is 12.3. The van der Waals surface area contributed by atoms with Gasteiger partial charge in [-0.1, -0.05) is 58.4 Å². The molecule has 7 heteroatoms. The van der Waals surface area contributed by atoms with Crippen molar-refractivity contribution in [1.82, 2.24) is 4.90 Å². The number of likely N-dealkylation sites (tertiary alicyclic amines) is 1. The Morgan fingerprint density at radius 3 is 2.39 bits per heavy atom. The maximum atomic E-state index is 12.5. The van der Waals surface area contributed by atoms with Gasteiger partial charge < -0.3 is 19.5 Å². The van der Waals surface area contributed by atoms with Gasteiger partial charge in [0.1, 0.15) is 13.2 Å². The number of hydrogen-bond acceptors (Lipinski definition) is 4. The number of ether oxygens (including phenoxy) is 2. The van der Waals surface area contributed by atoms with E-state index < -0.39 is 11.6 Å². The van der Waals surface area contributed by atoms with Crippen molar-refractivity contribution >= 4 is 28.0 Å². The van der Waals surface area contributed by atoms with E-state index in [0.29, 0.717) is 13.1 Å². The van der Waals surface area contributed by atoms with Crippen LogP contribution in [0.1, 0.15) is 36.8 Å². The first-order valence-electron chi connectivity index (χ1n) is 10.5. The zero-order valence-corrected chi connectivity index (χ0v) is 18.8. The number of nitrogens with zero attached hydrogens (tertiary/aromatic N) is 1. The summed E-state index contributed by atoms with van der Waals surface area (Å²) in [5.74, 6) is -0.966. The fraction of sp³-hybridized carbons (Fsp3) is 0.417. The van der Waals surface area contributed by atoms with Gasteiger partial charge >= 0.3 is 12.1 Å². The molecule has 4 rings (SSSR count). The number of halogens is 1. The number of benzene rings is 2. The molecule has 0 aromatic heterocycles. The second-order valence-corrected chi connectivity index (χ2v) is 9.48. The minimum atomic E-state index is -0.966. The maximum Gasteiger partial charge on any atom is 0.410 e. The van der Waals surface area contributed by atoms with Gasteiger partial charge in [-0.2, -0.15) is 0 Å². The zero-order valence-electron chi connectivity index (χ0n) is 17.3. The quantitative estimate of drug-likeness (QED) is 0.622. The lowest BCUT2D eigenvalue weighted by molar-refractivity contribution is -0.198. The smallest absolute Gasteiger partial charge is 0.410 e. The lowest BCUT2D eigenvalue weighted by Crippen LogP contribution is -2.56. The molecule has 31 heavy (non-hydrogen) atoms. The van der Waals surface area contributed by atoms with E-state index in [-0.39, 0.29) is 24.7 Å². The number of rotatable bonds is 6. The molecular weight excluding hydrogens is 462 g/mol. The van der Waals surface area contributed by atoms with Crippen LogP contribution in [0, 0.1) is 5.41 Å². The molecule has 0 unspecified atom stereocenters. The van der Waals surface area contributed by atoms with Gasteiger partial charge in [0.05, 0.1) is 5.60 Å². The Bertz CT molecular complexity index is 932. The Morgan fingerprint density at radius 1 is 1.03 bits per heavy atom. The molecule has 164 valence electrons. The van der Waals surface area contributed by atoms with E-state index in [1.807, 2.05) is 54.6 Å². The average molecular weight is 488 g/mol. The van der Waals surface area contributed by atoms with Crippen LogP contribution in [-0.4, -0.2) is 41.8 Å². The summed E-state index contributed by atoms with van der Waals surface area (Å²) in [5.41, 5.74) is 1.45. The van der Waals surface area contributed by atoms with Gasteiger partial charge in [0.25, 0.3) is 0 Å². The van der Waals surface area contributed by atoms with Crippen molar-refractivity contribution in [3.63, 3.8) is 0 Å². The van der Waals surface area contributed by atoms with Crippen LogP contribution in [0.15, 0.2) is 59.1 Å². The van der Waals surface area contributed by atoms with Crippen LogP contribution in [0.25, 0.3) is 0 Å². The van der Waals surface area contributed by atoms with Crippen LogP contribution < -0.4 is 0 Å². The highest BCUT2D eigenvalue weighted by Crippen LogP contribution is 2.61. The van der Waals surface area contributed by atoms with Crippen LogP contribution >= 0.6 is 15.9 Å². The van der Waals surface area contributed by atoms with Crippen LogP contribution in [-0.2, 0) is 26.5 Å². The number of carbonyl (C=O) groups is 2. The topological polar surface area (TPSA) is 76.1 Å². The minimum absolute atomic E-state index is 0.0665. The molecule has 1 saturated heterocycles. The highest BCUT2D eigenvalue weighted by Gasteiger charge is 2.57. The summed E-state index contributed by atoms with van der Waals surface area (Å²) in [6, 6.07) is 17.5. The van der Waals surface area contributed by atoms with Crippen molar-refractivity contribution in [2.45, 2.75) is 37.9 Å². The van der Waals surface area contributed by atoms with Crippen LogP contribution in [0.2, 0.25) is 0 Å². The molecule has 0 atom stereocenters. The molecule has 1 aliphatic heterocycles. The molecule has 2 aromatic carbocycles. The second-order valence-electron chi connectivity index (χ2n) is 8.57. The Morgan fingerprint density at radius 2 is 1.74 bits per heavy atom. The molecule has 1 N–H and O–H groups in total. The van der Waals surface area contributed by atoms with E-state index in [2.05, 4.69) is 15.9 Å². The molecule has 1 heterocycles. The van der Waals surface area contributed by atoms with Gasteiger partial charge in [0.2, 0.25) is 0 Å². The summed E-state index contributed by atoms with van der Waals surface area (Å²) in [4.78, 5) is 25.4. The molecular formula is C24H26BrNO5. The van der Waals surface area contributed by atoms with Crippen LogP contribution in [0.3, 0.4) is 0 Å². The van der Waals surface area contributed by atoms with Crippen molar-refractivity contribution in [2.24, 2.45) is 5.41 Å². The van der Waals surface area contributed by atoms with E-state index in [1.54, 1.807) is 4.90 Å². The summed E-state index contributed by atoms with van der Waals surface area (Å²) in [6.45, 7) is 1.24. The molecule has 1 saturated carbocycles. The van der Waals surface area contributed by atoms with Gasteiger partial charge in [-0.15, -0.1) is 0 Å². The minimum Gasteiger partial charge on any atom is -0.480 e. The highest BCUT2D eigenvalue weighted by atomic mass is 79.9. The molecule has 2 aromatic rings. The molecule has 2 fully saturated rings. The Kier molecular flexibility index (Phi) is 6.34. The average Bonchev–Trinajstić information content (AvgIpc) is 2.75. The number of piperidine rings is 1. The normalized spacial score (nSPS) is 18.9. The Hall–Kier alpha value is -2.38. The summed E-state index contributed by atoms with van der Waals surface area (Å²) in [7, 11) is 0. The Labute approximate surface area is 190 Å². The first-order valence-corrected chi connectivity index (χ1v) is 11.3. The largest absolute Gasteiger partial charge is 0.480 e. The maximum absolute atomic E-state index is 12.5. The second kappa shape index (κ2) is 9.01. The van der Waals surface area contributed by atoms with E-state index in [9.17, 15) is 9.59 Å². The number of amides is 1. The first kappa shape index (κ1) is 21.8. The molecule has 1 aliphatic carbocycles. The van der Waals surface area contributed by atoms with Crippen molar-refractivity contribution in [3.05, 3.63) is 70.2 Å². The van der Waals surface area contributed by atoms with Crippen molar-refractivity contribution in [1.29, 1.82) is 0 Å². The van der Waals surface area contributed by atoms with E-state index in [0.717, 1.165) is 41.3 Å². The van der Waals surface area contributed by atoms with Crippen LogP contribution in [0.5, 0.6) is 0 Å². The number of aliphatic carboxylic acids is 1. The summed E-state index contributed by atoms with van der Waals surface area (Å²) in [6.07, 6.45) is 2.96. The third kappa shape index (κ3) is 4.93. The van der Waals surface area contributed by atoms with E-state index in [1.165, 1.54) is 0 Å². The standard InChI is InChI=1S/C24H26BrNO5/c25-20-8-4-7-19(13-20)24(31-15-21(27)28)16-23(17-24)9-11-26(12-10-23)22(29)30-14-18-5-2-1-3-6-18/h1-8,13H,9-12,14-17H2,(H,27,28). The highest BCUT2D eigenvalue weighted by molar-refractivity contribution is 9.10. The molecule has 1 amide bonds. The fourth-order valence-corrected chi connectivity index (χ4v) is 5.25. The summed E-state index contributed by atoms with van der Waals surface area (Å²) in [5, 5.41) is 9.14. The van der Waals surface area contributed by atoms with E-state index in [4.69, 9.17) is 14.6 Å². The number of carbonyl (C=O) groups excluding carboxylic acids is 1. The third-order valence-electron chi connectivity index (χ3n) is 6.43. The van der Waals surface area contributed by atoms with Gasteiger partial charge in [-0.25, -0.2) is 9.59 Å². The Balaban J connectivity index is 1.35. The zero-order chi connectivity index (χ0) is 21.9. The number of carboxylic acid groups (broad SMARTS) is 1. The SMILES string of the molecule is O=C(O)COC1(c2cccc(Br)c2)CC2(CCN(C(=O)OCc3ccccc3)CC2)C1. The molecule has 0 radical (unpaired) electrons. The molecule has 2 aliphatic rings. The summed E-state index contributed by atoms with van der Waals surface area (Å²) >= 11 is 3.50. The van der Waals surface area contributed by atoms with Crippen molar-refractivity contribution in [3.8, 4) is 0 Å². The predicted molar refractivity (Wildman–Crippen MR) is 119 cm³/mol. The number of carboxylic acids is 1. The van der Waals surface area contributed by atoms with Crippen molar-refractivity contribution in [2.75, 3.05) is 19.7 Å². The predicted octanol–water partition coefficient (Wildman–Crippen LogP) is 4.96. The molecule has 0 bridgehead atoms. The first-order chi connectivity index (χ1) is 14.9. The monoisotopic (exact) mass is 487 g/mol. The lowest BCUT2D eigenvalue weighted by atomic mass is 9.53. The molecule has 1 spiro atoms. The van der Waals surface area contributed by atoms with Gasteiger partial charge in [-0.3, -0.25) is 0 Å². The van der Waals surface area contributed by atoms with Gasteiger partial charge in [0.15, 0.2) is 0 Å². The fourth-order valence-electron chi connectivity index (χ4n) is 4.85. The molecule has 6 nitrogen and oxygen atoms in total. The van der Waals surface area contributed by atoms with Gasteiger partial charge in [0, 0.05) is 17.6 Å². The number of hydrogen-bond donors (Lipinski definition) is 1. The third-order valence-corrected chi connectivity index (χ3v) is 6.92.